The second-order valence-corrected chi connectivity index (χ2v) is 11.1. The van der Waals surface area contributed by atoms with Crippen molar-refractivity contribution >= 4 is 58.5 Å². The van der Waals surface area contributed by atoms with Gasteiger partial charge in [-0.1, -0.05) is 36.4 Å². The van der Waals surface area contributed by atoms with Crippen LogP contribution in [0.2, 0.25) is 0 Å². The third kappa shape index (κ3) is 9.33. The minimum absolute atomic E-state index is 0.0549. The van der Waals surface area contributed by atoms with Crippen LogP contribution in [0.3, 0.4) is 0 Å². The lowest BCUT2D eigenvalue weighted by Gasteiger charge is -2.14. The number of benzene rings is 4. The summed E-state index contributed by atoms with van der Waals surface area (Å²) >= 11 is 1.33. The molecule has 0 radical (unpaired) electrons. The molecule has 4 rings (SSSR count). The molecule has 0 aliphatic rings. The molecule has 4 aromatic rings. The summed E-state index contributed by atoms with van der Waals surface area (Å²) in [6.07, 6.45) is 1.59. The van der Waals surface area contributed by atoms with E-state index in [0.29, 0.717) is 33.9 Å². The summed E-state index contributed by atoms with van der Waals surface area (Å²) in [6.45, 7) is 3.21. The highest BCUT2D eigenvalue weighted by Gasteiger charge is 2.17. The zero-order valence-electron chi connectivity index (χ0n) is 24.4. The number of methoxy groups -OCH3 is 1. The number of rotatable bonds is 11. The monoisotopic (exact) mass is 608 g/mol. The fourth-order valence-electron chi connectivity index (χ4n) is 4.00. The molecule has 1 unspecified atom stereocenters. The fraction of sp³-hybridized carbons (Fsp3) is 0.118. The van der Waals surface area contributed by atoms with Crippen LogP contribution in [0.4, 0.5) is 17.1 Å². The molecule has 0 saturated carbocycles. The highest BCUT2D eigenvalue weighted by Crippen LogP contribution is 2.27. The van der Waals surface area contributed by atoms with Crippen molar-refractivity contribution in [2.75, 3.05) is 23.1 Å². The molecule has 4 N–H and O–H groups in total. The number of hydrogen-bond acceptors (Lipinski definition) is 6. The Hall–Kier alpha value is -5.35. The first-order valence-electron chi connectivity index (χ1n) is 13.7. The number of thioether (sulfide) groups is 1. The normalized spacial score (nSPS) is 11.6. The van der Waals surface area contributed by atoms with Gasteiger partial charge < -0.3 is 26.0 Å². The molecule has 0 bridgehead atoms. The number of anilines is 3. The van der Waals surface area contributed by atoms with E-state index in [0.717, 1.165) is 4.90 Å². The summed E-state index contributed by atoms with van der Waals surface area (Å²) in [5, 5.41) is 10.7. The second kappa shape index (κ2) is 15.2. The summed E-state index contributed by atoms with van der Waals surface area (Å²) in [7, 11) is 1.57. The Balaban J connectivity index is 1.44. The maximum Gasteiger partial charge on any atom is 0.272 e. The topological polar surface area (TPSA) is 126 Å². The number of nitrogens with one attached hydrogen (secondary N) is 4. The van der Waals surface area contributed by atoms with Crippen molar-refractivity contribution in [1.29, 1.82) is 0 Å². The standard InChI is InChI=1S/C34H32N4O5S/c1-22(32(40)36-27-16-14-26(15-17-27)35-23(2)39)44-30-11-7-10-28(21-30)37-34(42)31(20-24-12-18-29(43-3)19-13-24)38-33(41)25-8-5-4-6-9-25/h4-22H,1-3H3,(H,35,39)(H,36,40)(H,37,42)(H,38,41)/b31-20+. The molecule has 0 fully saturated rings. The predicted octanol–water partition coefficient (Wildman–Crippen LogP) is 6.18. The Bertz CT molecular complexity index is 1660. The molecule has 0 aliphatic carbocycles. The van der Waals surface area contributed by atoms with Crippen LogP contribution < -0.4 is 26.0 Å². The van der Waals surface area contributed by atoms with Crippen molar-refractivity contribution in [1.82, 2.24) is 5.32 Å². The average molecular weight is 609 g/mol. The van der Waals surface area contributed by atoms with Gasteiger partial charge in [0.05, 0.1) is 12.4 Å². The van der Waals surface area contributed by atoms with Crippen molar-refractivity contribution in [3.63, 3.8) is 0 Å². The van der Waals surface area contributed by atoms with Gasteiger partial charge in [-0.15, -0.1) is 11.8 Å². The third-order valence-electron chi connectivity index (χ3n) is 6.20. The van der Waals surface area contributed by atoms with E-state index in [2.05, 4.69) is 21.3 Å². The van der Waals surface area contributed by atoms with E-state index < -0.39 is 17.1 Å². The van der Waals surface area contributed by atoms with Crippen LogP contribution in [0.5, 0.6) is 5.75 Å². The maximum absolute atomic E-state index is 13.4. The number of ether oxygens (including phenoxy) is 1. The number of carbonyl (C=O) groups excluding carboxylic acids is 4. The lowest BCUT2D eigenvalue weighted by atomic mass is 10.1. The Morgan fingerprint density at radius 2 is 1.41 bits per heavy atom. The molecule has 4 amide bonds. The van der Waals surface area contributed by atoms with E-state index in [4.69, 9.17) is 4.74 Å². The Morgan fingerprint density at radius 3 is 2.05 bits per heavy atom. The van der Waals surface area contributed by atoms with Gasteiger partial charge in [0.25, 0.3) is 11.8 Å². The molecular formula is C34H32N4O5S. The molecule has 1 atom stereocenters. The van der Waals surface area contributed by atoms with Gasteiger partial charge in [0.2, 0.25) is 11.8 Å². The van der Waals surface area contributed by atoms with E-state index in [-0.39, 0.29) is 17.5 Å². The third-order valence-corrected chi connectivity index (χ3v) is 7.30. The molecule has 0 spiro atoms. The van der Waals surface area contributed by atoms with Crippen molar-refractivity contribution in [3.05, 3.63) is 120 Å². The van der Waals surface area contributed by atoms with E-state index in [1.54, 1.807) is 117 Å². The van der Waals surface area contributed by atoms with Gasteiger partial charge in [-0.05, 0) is 85.3 Å². The Morgan fingerprint density at radius 1 is 0.750 bits per heavy atom. The summed E-state index contributed by atoms with van der Waals surface area (Å²) in [5.74, 6) is -0.648. The quantitative estimate of drug-likeness (QED) is 0.119. The minimum atomic E-state index is -0.513. The van der Waals surface area contributed by atoms with Gasteiger partial charge >= 0.3 is 0 Å². The molecule has 44 heavy (non-hydrogen) atoms. The first-order chi connectivity index (χ1) is 21.2. The molecule has 4 aromatic carbocycles. The van der Waals surface area contributed by atoms with Gasteiger partial charge in [-0.3, -0.25) is 19.2 Å². The molecular weight excluding hydrogens is 576 g/mol. The zero-order valence-corrected chi connectivity index (χ0v) is 25.2. The van der Waals surface area contributed by atoms with Crippen molar-refractivity contribution in [2.45, 2.75) is 24.0 Å². The van der Waals surface area contributed by atoms with Crippen LogP contribution >= 0.6 is 11.8 Å². The second-order valence-electron chi connectivity index (χ2n) is 9.64. The largest absolute Gasteiger partial charge is 0.497 e. The van der Waals surface area contributed by atoms with Crippen LogP contribution in [0.15, 0.2) is 114 Å². The molecule has 0 aliphatic heterocycles. The summed E-state index contributed by atoms with van der Waals surface area (Å²) in [5.41, 5.74) is 2.90. The molecule has 224 valence electrons. The molecule has 0 heterocycles. The highest BCUT2D eigenvalue weighted by molar-refractivity contribution is 8.00. The van der Waals surface area contributed by atoms with E-state index >= 15 is 0 Å². The van der Waals surface area contributed by atoms with E-state index in [9.17, 15) is 19.2 Å². The SMILES string of the molecule is COc1ccc(/C=C(/NC(=O)c2ccccc2)C(=O)Nc2cccc(SC(C)C(=O)Nc3ccc(NC(C)=O)cc3)c2)cc1. The Labute approximate surface area is 260 Å². The summed E-state index contributed by atoms with van der Waals surface area (Å²) < 4.78 is 5.21. The van der Waals surface area contributed by atoms with E-state index in [1.165, 1.54) is 18.7 Å². The number of amides is 4. The molecule has 0 aromatic heterocycles. The Kier molecular flexibility index (Phi) is 10.9. The van der Waals surface area contributed by atoms with Crippen LogP contribution in [0.1, 0.15) is 29.8 Å². The molecule has 0 saturated heterocycles. The fourth-order valence-corrected chi connectivity index (χ4v) is 4.92. The smallest absolute Gasteiger partial charge is 0.272 e. The minimum Gasteiger partial charge on any atom is -0.497 e. The van der Waals surface area contributed by atoms with Gasteiger partial charge in [0, 0.05) is 34.4 Å². The predicted molar refractivity (Wildman–Crippen MR) is 175 cm³/mol. The maximum atomic E-state index is 13.4. The van der Waals surface area contributed by atoms with Crippen LogP contribution in [0.25, 0.3) is 6.08 Å². The molecule has 10 heteroatoms. The first-order valence-corrected chi connectivity index (χ1v) is 14.6. The molecule has 9 nitrogen and oxygen atoms in total. The van der Waals surface area contributed by atoms with Crippen molar-refractivity contribution in [3.8, 4) is 5.75 Å². The van der Waals surface area contributed by atoms with Gasteiger partial charge in [0.1, 0.15) is 11.4 Å². The average Bonchev–Trinajstić information content (AvgIpc) is 3.02. The van der Waals surface area contributed by atoms with Crippen molar-refractivity contribution in [2.24, 2.45) is 0 Å². The lowest BCUT2D eigenvalue weighted by molar-refractivity contribution is -0.115. The lowest BCUT2D eigenvalue weighted by Crippen LogP contribution is -2.30. The van der Waals surface area contributed by atoms with Gasteiger partial charge in [-0.2, -0.15) is 0 Å². The highest BCUT2D eigenvalue weighted by atomic mass is 32.2. The number of carbonyl (C=O) groups is 4. The van der Waals surface area contributed by atoms with Gasteiger partial charge in [0.15, 0.2) is 0 Å². The zero-order chi connectivity index (χ0) is 31.5. The van der Waals surface area contributed by atoms with Crippen molar-refractivity contribution < 1.29 is 23.9 Å². The van der Waals surface area contributed by atoms with Crippen LogP contribution in [-0.4, -0.2) is 36.0 Å². The summed E-state index contributed by atoms with van der Waals surface area (Å²) in [6, 6.07) is 29.7. The first kappa shape index (κ1) is 31.6. The van der Waals surface area contributed by atoms with Crippen LogP contribution in [0, 0.1) is 0 Å². The summed E-state index contributed by atoms with van der Waals surface area (Å²) in [4.78, 5) is 51.2. The van der Waals surface area contributed by atoms with Gasteiger partial charge in [-0.25, -0.2) is 0 Å². The number of hydrogen-bond donors (Lipinski definition) is 4. The van der Waals surface area contributed by atoms with E-state index in [1.807, 2.05) is 6.07 Å². The van der Waals surface area contributed by atoms with Crippen LogP contribution in [-0.2, 0) is 14.4 Å².